The molecule has 3 aromatic rings. The molecule has 0 unspecified atom stereocenters. The minimum Gasteiger partial charge on any atom is -0.383 e. The molecule has 20 heavy (non-hydrogen) atoms. The predicted octanol–water partition coefficient (Wildman–Crippen LogP) is 2.57. The van der Waals surface area contributed by atoms with Crippen molar-refractivity contribution in [1.82, 2.24) is 4.68 Å². The van der Waals surface area contributed by atoms with Crippen molar-refractivity contribution >= 4 is 22.6 Å². The second-order valence-electron chi connectivity index (χ2n) is 4.69. The van der Waals surface area contributed by atoms with Gasteiger partial charge in [-0.3, -0.25) is 0 Å². The number of hydrogen-bond acceptors (Lipinski definition) is 2. The van der Waals surface area contributed by atoms with Crippen LogP contribution >= 0.6 is 0 Å². The molecule has 1 aromatic heterocycles. The second kappa shape index (κ2) is 4.06. The minimum atomic E-state index is 0.524. The summed E-state index contributed by atoms with van der Waals surface area (Å²) >= 11 is 0. The van der Waals surface area contributed by atoms with Gasteiger partial charge >= 0.3 is 0 Å². The first-order valence-corrected chi connectivity index (χ1v) is 6.42. The summed E-state index contributed by atoms with van der Waals surface area (Å²) in [6.45, 7) is 0. The molecule has 0 saturated heterocycles. The smallest absolute Gasteiger partial charge is 0.182 e. The number of rotatable bonds is 1. The molecular formula is C16H12N4. The first kappa shape index (κ1) is 11.0. The number of aromatic nitrogens is 1. The fourth-order valence-electron chi connectivity index (χ4n) is 2.47. The Morgan fingerprint density at radius 1 is 0.900 bits per heavy atom. The molecule has 4 rings (SSSR count). The van der Waals surface area contributed by atoms with Crippen molar-refractivity contribution in [1.29, 1.82) is 0 Å². The molecule has 0 aliphatic carbocycles. The zero-order valence-corrected chi connectivity index (χ0v) is 10.7. The Kier molecular flexibility index (Phi) is 2.23. The maximum atomic E-state index is 5.94. The lowest BCUT2D eigenvalue weighted by atomic mass is 10.1. The van der Waals surface area contributed by atoms with Gasteiger partial charge in [0, 0.05) is 22.7 Å². The molecule has 0 atom stereocenters. The maximum absolute atomic E-state index is 5.94. The van der Waals surface area contributed by atoms with Gasteiger partial charge in [-0.2, -0.15) is 0 Å². The van der Waals surface area contributed by atoms with Crippen molar-refractivity contribution in [2.75, 3.05) is 0 Å². The number of aliphatic imine (C=N–C) groups is 1. The van der Waals surface area contributed by atoms with Gasteiger partial charge in [-0.05, 0) is 12.1 Å². The van der Waals surface area contributed by atoms with Crippen LogP contribution in [0.4, 0.5) is 0 Å². The highest BCUT2D eigenvalue weighted by atomic mass is 15.4. The standard InChI is InChI=1S/C16H12N4/c17-15-12-6-2-3-7-13(12)16(18-15)19-20-10-9-11-5-1-4-8-14(11)20/h1-10H,(H2,17,18,19). The Balaban J connectivity index is 1.90. The summed E-state index contributed by atoms with van der Waals surface area (Å²) in [5.74, 6) is 1.18. The zero-order valence-electron chi connectivity index (χ0n) is 10.7. The fraction of sp³-hybridized carbons (Fsp3) is 0. The Labute approximate surface area is 115 Å². The summed E-state index contributed by atoms with van der Waals surface area (Å²) in [5.41, 5.74) is 8.91. The van der Waals surface area contributed by atoms with Crippen molar-refractivity contribution in [2.45, 2.75) is 0 Å². The third kappa shape index (κ3) is 1.55. The molecule has 2 heterocycles. The monoisotopic (exact) mass is 260 g/mol. The lowest BCUT2D eigenvalue weighted by Gasteiger charge is -2.00. The quantitative estimate of drug-likeness (QED) is 0.718. The van der Waals surface area contributed by atoms with Gasteiger partial charge in [-0.25, -0.2) is 9.67 Å². The number of nitrogens with zero attached hydrogens (tertiary/aromatic N) is 3. The molecule has 2 aromatic carbocycles. The molecular weight excluding hydrogens is 248 g/mol. The summed E-state index contributed by atoms with van der Waals surface area (Å²) < 4.78 is 1.84. The highest BCUT2D eigenvalue weighted by Gasteiger charge is 2.19. The summed E-state index contributed by atoms with van der Waals surface area (Å²) in [7, 11) is 0. The normalized spacial score (nSPS) is 15.6. The topological polar surface area (TPSA) is 55.7 Å². The first-order chi connectivity index (χ1) is 9.83. The molecule has 0 fully saturated rings. The molecule has 4 heteroatoms. The largest absolute Gasteiger partial charge is 0.383 e. The molecule has 0 spiro atoms. The van der Waals surface area contributed by atoms with Crippen LogP contribution in [0.15, 0.2) is 70.9 Å². The number of fused-ring (bicyclic) bond motifs is 2. The molecule has 0 bridgehead atoms. The highest BCUT2D eigenvalue weighted by Crippen LogP contribution is 2.20. The Bertz CT molecular complexity index is 871. The maximum Gasteiger partial charge on any atom is 0.182 e. The highest BCUT2D eigenvalue weighted by molar-refractivity contribution is 6.21. The van der Waals surface area contributed by atoms with Crippen LogP contribution in [0.1, 0.15) is 11.1 Å². The van der Waals surface area contributed by atoms with Crippen LogP contribution in [-0.4, -0.2) is 16.3 Å². The van der Waals surface area contributed by atoms with Crippen molar-refractivity contribution in [3.63, 3.8) is 0 Å². The van der Waals surface area contributed by atoms with E-state index < -0.39 is 0 Å². The average molecular weight is 260 g/mol. The molecule has 0 saturated carbocycles. The number of amidine groups is 2. The van der Waals surface area contributed by atoms with Crippen LogP contribution in [0.3, 0.4) is 0 Å². The van der Waals surface area contributed by atoms with Gasteiger partial charge in [-0.1, -0.05) is 42.5 Å². The van der Waals surface area contributed by atoms with E-state index in [2.05, 4.69) is 16.2 Å². The number of hydrogen-bond donors (Lipinski definition) is 1. The molecule has 1 aliphatic rings. The Morgan fingerprint density at radius 2 is 1.65 bits per heavy atom. The van der Waals surface area contributed by atoms with Gasteiger partial charge in [0.15, 0.2) is 5.84 Å². The third-order valence-corrected chi connectivity index (χ3v) is 3.45. The molecule has 0 radical (unpaired) electrons. The second-order valence-corrected chi connectivity index (χ2v) is 4.69. The fourth-order valence-corrected chi connectivity index (χ4v) is 2.47. The van der Waals surface area contributed by atoms with Crippen molar-refractivity contribution < 1.29 is 0 Å². The number of nitrogens with two attached hydrogens (primary N) is 1. The van der Waals surface area contributed by atoms with Crippen LogP contribution in [-0.2, 0) is 0 Å². The van der Waals surface area contributed by atoms with Gasteiger partial charge < -0.3 is 5.73 Å². The average Bonchev–Trinajstić information content (AvgIpc) is 3.03. The molecule has 2 N–H and O–H groups in total. The summed E-state index contributed by atoms with van der Waals surface area (Å²) in [6, 6.07) is 18.0. The van der Waals surface area contributed by atoms with E-state index in [-0.39, 0.29) is 0 Å². The predicted molar refractivity (Wildman–Crippen MR) is 81.0 cm³/mol. The van der Waals surface area contributed by atoms with Crippen molar-refractivity contribution in [3.05, 3.63) is 71.9 Å². The van der Waals surface area contributed by atoms with E-state index >= 15 is 0 Å². The first-order valence-electron chi connectivity index (χ1n) is 6.42. The molecule has 96 valence electrons. The number of benzene rings is 2. The lowest BCUT2D eigenvalue weighted by molar-refractivity contribution is 0.923. The van der Waals surface area contributed by atoms with E-state index in [1.54, 1.807) is 0 Å². The number of para-hydroxylation sites is 1. The minimum absolute atomic E-state index is 0.524. The van der Waals surface area contributed by atoms with Gasteiger partial charge in [0.05, 0.1) is 5.52 Å². The van der Waals surface area contributed by atoms with E-state index in [0.717, 1.165) is 22.0 Å². The molecule has 4 nitrogen and oxygen atoms in total. The van der Waals surface area contributed by atoms with Crippen LogP contribution in [0.5, 0.6) is 0 Å². The van der Waals surface area contributed by atoms with Gasteiger partial charge in [-0.15, -0.1) is 5.10 Å². The molecule has 0 amide bonds. The van der Waals surface area contributed by atoms with Crippen LogP contribution in [0, 0.1) is 0 Å². The summed E-state index contributed by atoms with van der Waals surface area (Å²) in [4.78, 5) is 4.36. The van der Waals surface area contributed by atoms with Crippen LogP contribution in [0.25, 0.3) is 10.9 Å². The molecule has 1 aliphatic heterocycles. The Morgan fingerprint density at radius 3 is 2.55 bits per heavy atom. The Hall–Kier alpha value is -2.88. The van der Waals surface area contributed by atoms with E-state index in [0.29, 0.717) is 11.7 Å². The lowest BCUT2D eigenvalue weighted by Crippen LogP contribution is -2.09. The zero-order chi connectivity index (χ0) is 13.5. The SMILES string of the molecule is NC1=N/C(=N\n2ccc3ccccc32)c2ccccc21. The van der Waals surface area contributed by atoms with Gasteiger partial charge in [0.25, 0.3) is 0 Å². The van der Waals surface area contributed by atoms with Gasteiger partial charge in [0.2, 0.25) is 0 Å². The van der Waals surface area contributed by atoms with E-state index in [1.165, 1.54) is 0 Å². The van der Waals surface area contributed by atoms with Crippen LogP contribution < -0.4 is 5.73 Å². The van der Waals surface area contributed by atoms with E-state index in [9.17, 15) is 0 Å². The van der Waals surface area contributed by atoms with Crippen molar-refractivity contribution in [2.24, 2.45) is 15.8 Å². The van der Waals surface area contributed by atoms with E-state index in [1.807, 2.05) is 59.4 Å². The van der Waals surface area contributed by atoms with Gasteiger partial charge in [0.1, 0.15) is 5.84 Å². The van der Waals surface area contributed by atoms with Crippen LogP contribution in [0.2, 0.25) is 0 Å². The summed E-state index contributed by atoms with van der Waals surface area (Å²) in [5, 5.41) is 5.76. The van der Waals surface area contributed by atoms with E-state index in [4.69, 9.17) is 5.73 Å². The van der Waals surface area contributed by atoms with Crippen molar-refractivity contribution in [3.8, 4) is 0 Å². The third-order valence-electron chi connectivity index (χ3n) is 3.45. The summed E-state index contributed by atoms with van der Waals surface area (Å²) in [6.07, 6.45) is 1.93.